The summed E-state index contributed by atoms with van der Waals surface area (Å²) in [4.78, 5) is 11.3. The molecule has 0 fully saturated rings. The maximum absolute atomic E-state index is 11.7. The normalized spacial score (nSPS) is 11.5. The molecule has 1 rings (SSSR count). The number of halogens is 4. The lowest BCUT2D eigenvalue weighted by Crippen LogP contribution is -2.21. The molecule has 1 aromatic carbocycles. The highest BCUT2D eigenvalue weighted by Gasteiger charge is 2.27. The molecule has 2 nitrogen and oxygen atoms in total. The molecule has 0 radical (unpaired) electrons. The summed E-state index contributed by atoms with van der Waals surface area (Å²) in [6, 6.07) is 6.98. The van der Waals surface area contributed by atoms with Gasteiger partial charge in [0.1, 0.15) is 13.2 Å². The van der Waals surface area contributed by atoms with Crippen molar-refractivity contribution < 1.29 is 22.7 Å². The van der Waals surface area contributed by atoms with Gasteiger partial charge in [0.25, 0.3) is 0 Å². The van der Waals surface area contributed by atoms with Gasteiger partial charge in [0.15, 0.2) is 5.78 Å². The number of rotatable bonds is 5. The van der Waals surface area contributed by atoms with Crippen LogP contribution in [0.4, 0.5) is 13.2 Å². The zero-order chi connectivity index (χ0) is 12.9. The van der Waals surface area contributed by atoms with Crippen LogP contribution in [0.1, 0.15) is 5.56 Å². The van der Waals surface area contributed by atoms with Gasteiger partial charge in [0, 0.05) is 10.9 Å². The van der Waals surface area contributed by atoms with Gasteiger partial charge in [-0.2, -0.15) is 13.2 Å². The molecule has 0 bridgehead atoms. The van der Waals surface area contributed by atoms with Crippen LogP contribution in [-0.4, -0.2) is 25.2 Å². The summed E-state index contributed by atoms with van der Waals surface area (Å²) >= 11 is 3.24. The summed E-state index contributed by atoms with van der Waals surface area (Å²) in [7, 11) is 0. The second kappa shape index (κ2) is 6.16. The van der Waals surface area contributed by atoms with E-state index in [-0.39, 0.29) is 12.2 Å². The average Bonchev–Trinajstić information content (AvgIpc) is 2.19. The minimum Gasteiger partial charge on any atom is -0.364 e. The SMILES string of the molecule is O=C(COCC(F)(F)F)Cc1ccc(Br)cc1. The Morgan fingerprint density at radius 2 is 1.82 bits per heavy atom. The molecule has 0 atom stereocenters. The van der Waals surface area contributed by atoms with Crippen molar-refractivity contribution in [1.29, 1.82) is 0 Å². The predicted octanol–water partition coefficient (Wildman–Crippen LogP) is 3.14. The average molecular weight is 311 g/mol. The molecule has 0 unspecified atom stereocenters. The Hall–Kier alpha value is -0.880. The van der Waals surface area contributed by atoms with Crippen molar-refractivity contribution in [3.63, 3.8) is 0 Å². The number of hydrogen-bond donors (Lipinski definition) is 0. The van der Waals surface area contributed by atoms with Crippen molar-refractivity contribution in [2.45, 2.75) is 12.6 Å². The number of ketones is 1. The quantitative estimate of drug-likeness (QED) is 0.835. The molecule has 6 heteroatoms. The number of Topliss-reactive ketones (excluding diaryl/α,β-unsaturated/α-hetero) is 1. The van der Waals surface area contributed by atoms with Crippen LogP contribution < -0.4 is 0 Å². The fraction of sp³-hybridized carbons (Fsp3) is 0.364. The molecule has 0 aliphatic rings. The molecule has 0 amide bonds. The Labute approximate surface area is 105 Å². The van der Waals surface area contributed by atoms with E-state index in [4.69, 9.17) is 0 Å². The number of alkyl halides is 3. The zero-order valence-corrected chi connectivity index (χ0v) is 10.3. The van der Waals surface area contributed by atoms with Crippen LogP contribution in [0.25, 0.3) is 0 Å². The largest absolute Gasteiger partial charge is 0.411 e. The van der Waals surface area contributed by atoms with Crippen LogP contribution in [0, 0.1) is 0 Å². The van der Waals surface area contributed by atoms with Gasteiger partial charge in [-0.25, -0.2) is 0 Å². The van der Waals surface area contributed by atoms with Crippen LogP contribution >= 0.6 is 15.9 Å². The predicted molar refractivity (Wildman–Crippen MR) is 59.7 cm³/mol. The molecular formula is C11H10BrF3O2. The van der Waals surface area contributed by atoms with Gasteiger partial charge < -0.3 is 4.74 Å². The van der Waals surface area contributed by atoms with Crippen molar-refractivity contribution in [3.8, 4) is 0 Å². The maximum Gasteiger partial charge on any atom is 0.411 e. The van der Waals surface area contributed by atoms with Gasteiger partial charge in [-0.1, -0.05) is 28.1 Å². The summed E-state index contributed by atoms with van der Waals surface area (Å²) in [5.41, 5.74) is 0.744. The third kappa shape index (κ3) is 6.43. The molecule has 0 N–H and O–H groups in total. The molecule has 0 aliphatic heterocycles. The van der Waals surface area contributed by atoms with Crippen molar-refractivity contribution in [3.05, 3.63) is 34.3 Å². The van der Waals surface area contributed by atoms with E-state index >= 15 is 0 Å². The van der Waals surface area contributed by atoms with E-state index in [2.05, 4.69) is 20.7 Å². The number of carbonyl (C=O) groups excluding carboxylic acids is 1. The summed E-state index contributed by atoms with van der Waals surface area (Å²) in [5, 5.41) is 0. The van der Waals surface area contributed by atoms with Crippen molar-refractivity contribution in [2.75, 3.05) is 13.2 Å². The lowest BCUT2D eigenvalue weighted by atomic mass is 10.1. The Bertz CT molecular complexity index is 373. The second-order valence-corrected chi connectivity index (χ2v) is 4.37. The highest BCUT2D eigenvalue weighted by atomic mass is 79.9. The molecule has 0 saturated heterocycles. The highest BCUT2D eigenvalue weighted by molar-refractivity contribution is 9.10. The fourth-order valence-corrected chi connectivity index (χ4v) is 1.43. The van der Waals surface area contributed by atoms with Gasteiger partial charge in [0.05, 0.1) is 0 Å². The summed E-state index contributed by atoms with van der Waals surface area (Å²) in [6.07, 6.45) is -4.32. The molecule has 0 heterocycles. The van der Waals surface area contributed by atoms with Gasteiger partial charge >= 0.3 is 6.18 Å². The number of carbonyl (C=O) groups is 1. The smallest absolute Gasteiger partial charge is 0.364 e. The molecular weight excluding hydrogens is 301 g/mol. The molecule has 0 spiro atoms. The first-order chi connectivity index (χ1) is 7.87. The topological polar surface area (TPSA) is 26.3 Å². The van der Waals surface area contributed by atoms with Crippen LogP contribution in [0.5, 0.6) is 0 Å². The zero-order valence-electron chi connectivity index (χ0n) is 8.76. The van der Waals surface area contributed by atoms with E-state index in [9.17, 15) is 18.0 Å². The number of hydrogen-bond acceptors (Lipinski definition) is 2. The van der Waals surface area contributed by atoms with E-state index in [1.807, 2.05) is 0 Å². The lowest BCUT2D eigenvalue weighted by Gasteiger charge is -2.06. The van der Waals surface area contributed by atoms with Crippen LogP contribution in [0.15, 0.2) is 28.7 Å². The maximum atomic E-state index is 11.7. The summed E-state index contributed by atoms with van der Waals surface area (Å²) in [6.45, 7) is -1.91. The van der Waals surface area contributed by atoms with Gasteiger partial charge in [-0.15, -0.1) is 0 Å². The van der Waals surface area contributed by atoms with Gasteiger partial charge in [-0.3, -0.25) is 4.79 Å². The van der Waals surface area contributed by atoms with E-state index in [1.165, 1.54) is 0 Å². The first-order valence-corrected chi connectivity index (χ1v) is 5.57. The minimum atomic E-state index is -4.39. The number of ether oxygens (including phenoxy) is 1. The van der Waals surface area contributed by atoms with Crippen LogP contribution in [0.2, 0.25) is 0 Å². The Balaban J connectivity index is 2.32. The van der Waals surface area contributed by atoms with Crippen LogP contribution in [0.3, 0.4) is 0 Å². The van der Waals surface area contributed by atoms with Crippen molar-refractivity contribution in [1.82, 2.24) is 0 Å². The summed E-state index contributed by atoms with van der Waals surface area (Å²) < 4.78 is 40.4. The summed E-state index contributed by atoms with van der Waals surface area (Å²) in [5.74, 6) is -0.378. The minimum absolute atomic E-state index is 0.0745. The molecule has 0 saturated carbocycles. The Kier molecular flexibility index (Phi) is 5.14. The van der Waals surface area contributed by atoms with Crippen molar-refractivity contribution >= 4 is 21.7 Å². The van der Waals surface area contributed by atoms with E-state index in [0.717, 1.165) is 10.0 Å². The van der Waals surface area contributed by atoms with Gasteiger partial charge in [-0.05, 0) is 17.7 Å². The molecule has 17 heavy (non-hydrogen) atoms. The third-order valence-electron chi connectivity index (χ3n) is 1.84. The van der Waals surface area contributed by atoms with E-state index < -0.39 is 19.4 Å². The first-order valence-electron chi connectivity index (χ1n) is 4.77. The molecule has 0 aromatic heterocycles. The Morgan fingerprint density at radius 3 is 2.35 bits per heavy atom. The standard InChI is InChI=1S/C11H10BrF3O2/c12-9-3-1-8(2-4-9)5-10(16)6-17-7-11(13,14)15/h1-4H,5-7H2. The molecule has 94 valence electrons. The number of benzene rings is 1. The van der Waals surface area contributed by atoms with Crippen molar-refractivity contribution in [2.24, 2.45) is 0 Å². The van der Waals surface area contributed by atoms with Gasteiger partial charge in [0.2, 0.25) is 0 Å². The third-order valence-corrected chi connectivity index (χ3v) is 2.37. The van der Waals surface area contributed by atoms with E-state index in [0.29, 0.717) is 0 Å². The molecule has 1 aromatic rings. The first kappa shape index (κ1) is 14.2. The Morgan fingerprint density at radius 1 is 1.24 bits per heavy atom. The molecule has 0 aliphatic carbocycles. The fourth-order valence-electron chi connectivity index (χ4n) is 1.16. The van der Waals surface area contributed by atoms with E-state index in [1.54, 1.807) is 24.3 Å². The lowest BCUT2D eigenvalue weighted by molar-refractivity contribution is -0.175. The van der Waals surface area contributed by atoms with Crippen LogP contribution in [-0.2, 0) is 16.0 Å². The second-order valence-electron chi connectivity index (χ2n) is 3.45. The monoisotopic (exact) mass is 310 g/mol. The highest BCUT2D eigenvalue weighted by Crippen LogP contribution is 2.14.